The number of nitrogens with zero attached hydrogens (tertiary/aromatic N) is 3. The quantitative estimate of drug-likeness (QED) is 0.819. The van der Waals surface area contributed by atoms with Gasteiger partial charge in [-0.1, -0.05) is 12.2 Å². The van der Waals surface area contributed by atoms with Crippen LogP contribution in [0.15, 0.2) is 16.9 Å². The van der Waals surface area contributed by atoms with E-state index in [4.69, 9.17) is 12.2 Å². The summed E-state index contributed by atoms with van der Waals surface area (Å²) in [4.78, 5) is 7.44. The topological polar surface area (TPSA) is 46.5 Å². The van der Waals surface area contributed by atoms with Gasteiger partial charge in [0, 0.05) is 18.9 Å². The lowest BCUT2D eigenvalue weighted by molar-refractivity contribution is 0.768. The van der Waals surface area contributed by atoms with Crippen molar-refractivity contribution in [2.75, 3.05) is 0 Å². The van der Waals surface area contributed by atoms with E-state index in [1.165, 1.54) is 0 Å². The van der Waals surface area contributed by atoms with E-state index < -0.39 is 0 Å². The molecule has 2 aromatic rings. The van der Waals surface area contributed by atoms with Crippen molar-refractivity contribution in [1.82, 2.24) is 19.7 Å². The van der Waals surface area contributed by atoms with Crippen molar-refractivity contribution >= 4 is 28.1 Å². The molecular weight excluding hydrogens is 276 g/mol. The largest absolute Gasteiger partial charge is 0.342 e. The Hall–Kier alpha value is -1.01. The van der Waals surface area contributed by atoms with E-state index in [9.17, 15) is 0 Å². The summed E-state index contributed by atoms with van der Waals surface area (Å²) in [6.45, 7) is 1.95. The van der Waals surface area contributed by atoms with Crippen LogP contribution in [0.3, 0.4) is 0 Å². The zero-order valence-electron chi connectivity index (χ0n) is 8.28. The predicted octanol–water partition coefficient (Wildman–Crippen LogP) is 2.61. The van der Waals surface area contributed by atoms with Gasteiger partial charge < -0.3 is 4.98 Å². The Bertz CT molecular complexity index is 557. The highest BCUT2D eigenvalue weighted by molar-refractivity contribution is 9.10. The molecule has 0 fully saturated rings. The van der Waals surface area contributed by atoms with Gasteiger partial charge >= 0.3 is 0 Å². The first-order chi connectivity index (χ1) is 7.08. The minimum atomic E-state index is 0.560. The summed E-state index contributed by atoms with van der Waals surface area (Å²) in [6, 6.07) is 0. The summed E-state index contributed by atoms with van der Waals surface area (Å²) in [7, 11) is 1.86. The van der Waals surface area contributed by atoms with Crippen molar-refractivity contribution < 1.29 is 0 Å². The van der Waals surface area contributed by atoms with Crippen LogP contribution in [0.1, 0.15) is 5.69 Å². The Morgan fingerprint density at radius 3 is 2.80 bits per heavy atom. The van der Waals surface area contributed by atoms with Gasteiger partial charge in [0.15, 0.2) is 0 Å². The van der Waals surface area contributed by atoms with Crippen LogP contribution >= 0.6 is 28.1 Å². The number of nitrogens with one attached hydrogen (secondary N) is 1. The van der Waals surface area contributed by atoms with Crippen LogP contribution in [0.2, 0.25) is 0 Å². The lowest BCUT2D eigenvalue weighted by Gasteiger charge is -2.02. The highest BCUT2D eigenvalue weighted by Gasteiger charge is 2.06. The number of hydrogen-bond donors (Lipinski definition) is 1. The van der Waals surface area contributed by atoms with Crippen LogP contribution in [-0.2, 0) is 7.05 Å². The minimum Gasteiger partial charge on any atom is -0.342 e. The smallest absolute Gasteiger partial charge is 0.144 e. The molecule has 0 saturated carbocycles. The molecule has 0 bridgehead atoms. The summed E-state index contributed by atoms with van der Waals surface area (Å²) in [5.41, 5.74) is 1.90. The molecule has 0 amide bonds. The first-order valence-corrected chi connectivity index (χ1v) is 5.53. The van der Waals surface area contributed by atoms with Gasteiger partial charge in [-0.3, -0.25) is 4.68 Å². The molecule has 2 rings (SSSR count). The van der Waals surface area contributed by atoms with Crippen molar-refractivity contribution in [3.8, 4) is 11.4 Å². The normalized spacial score (nSPS) is 10.6. The number of halogens is 1. The first-order valence-electron chi connectivity index (χ1n) is 4.33. The summed E-state index contributed by atoms with van der Waals surface area (Å²) >= 11 is 8.50. The van der Waals surface area contributed by atoms with Gasteiger partial charge in [0.05, 0.1) is 16.2 Å². The van der Waals surface area contributed by atoms with Crippen molar-refractivity contribution in [3.05, 3.63) is 27.2 Å². The fourth-order valence-corrected chi connectivity index (χ4v) is 1.68. The Kier molecular flexibility index (Phi) is 2.70. The lowest BCUT2D eigenvalue weighted by atomic mass is 10.3. The Morgan fingerprint density at radius 1 is 1.53 bits per heavy atom. The molecule has 2 heterocycles. The summed E-state index contributed by atoms with van der Waals surface area (Å²) < 4.78 is 3.13. The maximum atomic E-state index is 5.13. The average Bonchev–Trinajstić information content (AvgIpc) is 2.60. The van der Waals surface area contributed by atoms with E-state index in [1.807, 2.05) is 20.2 Å². The molecule has 0 aliphatic heterocycles. The van der Waals surface area contributed by atoms with E-state index in [0.29, 0.717) is 4.64 Å². The summed E-state index contributed by atoms with van der Waals surface area (Å²) in [5.74, 6) is 0.744. The SMILES string of the molecule is Cc1[nH]c(-c2cnn(C)c2)nc(=S)c1Br. The summed E-state index contributed by atoms with van der Waals surface area (Å²) in [5, 5.41) is 4.09. The molecule has 15 heavy (non-hydrogen) atoms. The van der Waals surface area contributed by atoms with Gasteiger partial charge in [0.1, 0.15) is 10.5 Å². The van der Waals surface area contributed by atoms with Crippen molar-refractivity contribution in [2.24, 2.45) is 7.05 Å². The molecule has 6 heteroatoms. The van der Waals surface area contributed by atoms with Crippen molar-refractivity contribution in [3.63, 3.8) is 0 Å². The number of hydrogen-bond acceptors (Lipinski definition) is 3. The maximum Gasteiger partial charge on any atom is 0.144 e. The third-order valence-corrected chi connectivity index (χ3v) is 3.54. The van der Waals surface area contributed by atoms with Gasteiger partial charge in [0.25, 0.3) is 0 Å². The monoisotopic (exact) mass is 284 g/mol. The third-order valence-electron chi connectivity index (χ3n) is 2.01. The third kappa shape index (κ3) is 2.00. The average molecular weight is 285 g/mol. The van der Waals surface area contributed by atoms with Crippen LogP contribution in [0, 0.1) is 11.6 Å². The van der Waals surface area contributed by atoms with E-state index >= 15 is 0 Å². The standard InChI is InChI=1S/C9H9BrN4S/c1-5-7(10)9(15)13-8(12-5)6-3-11-14(2)4-6/h3-4H,1-2H3,(H,12,13,15). The molecule has 1 N–H and O–H groups in total. The number of rotatable bonds is 1. The molecule has 0 aliphatic carbocycles. The van der Waals surface area contributed by atoms with Crippen molar-refractivity contribution in [2.45, 2.75) is 6.92 Å². The van der Waals surface area contributed by atoms with Crippen LogP contribution < -0.4 is 0 Å². The van der Waals surface area contributed by atoms with Gasteiger partial charge in [0.2, 0.25) is 0 Å². The molecule has 0 aliphatic rings. The van der Waals surface area contributed by atoms with Gasteiger partial charge in [-0.25, -0.2) is 4.98 Å². The zero-order chi connectivity index (χ0) is 11.0. The molecular formula is C9H9BrN4S. The van der Waals surface area contributed by atoms with E-state index in [1.54, 1.807) is 10.9 Å². The number of aromatic amines is 1. The highest BCUT2D eigenvalue weighted by atomic mass is 79.9. The molecule has 4 nitrogen and oxygen atoms in total. The maximum absolute atomic E-state index is 5.13. The number of aromatic nitrogens is 4. The zero-order valence-corrected chi connectivity index (χ0v) is 10.7. The molecule has 0 saturated heterocycles. The molecule has 0 radical (unpaired) electrons. The molecule has 78 valence electrons. The second-order valence-electron chi connectivity index (χ2n) is 3.23. The van der Waals surface area contributed by atoms with E-state index in [0.717, 1.165) is 21.6 Å². The fourth-order valence-electron chi connectivity index (χ4n) is 1.25. The second kappa shape index (κ2) is 3.86. The second-order valence-corrected chi connectivity index (χ2v) is 4.41. The van der Waals surface area contributed by atoms with E-state index in [2.05, 4.69) is 31.0 Å². The number of H-pyrrole nitrogens is 1. The minimum absolute atomic E-state index is 0.560. The van der Waals surface area contributed by atoms with Gasteiger partial charge in [-0.05, 0) is 22.9 Å². The summed E-state index contributed by atoms with van der Waals surface area (Å²) in [6.07, 6.45) is 3.64. The molecule has 0 atom stereocenters. The van der Waals surface area contributed by atoms with Crippen LogP contribution in [0.25, 0.3) is 11.4 Å². The van der Waals surface area contributed by atoms with Gasteiger partial charge in [-0.2, -0.15) is 5.10 Å². The van der Waals surface area contributed by atoms with Crippen LogP contribution in [-0.4, -0.2) is 19.7 Å². The van der Waals surface area contributed by atoms with Crippen LogP contribution in [0.4, 0.5) is 0 Å². The fraction of sp³-hybridized carbons (Fsp3) is 0.222. The lowest BCUT2D eigenvalue weighted by Crippen LogP contribution is -1.93. The van der Waals surface area contributed by atoms with E-state index in [-0.39, 0.29) is 0 Å². The number of aryl methyl sites for hydroxylation is 2. The molecule has 0 unspecified atom stereocenters. The Morgan fingerprint density at radius 2 is 2.27 bits per heavy atom. The Balaban J connectivity index is 2.60. The highest BCUT2D eigenvalue weighted by Crippen LogP contribution is 2.19. The molecule has 2 aromatic heterocycles. The predicted molar refractivity (Wildman–Crippen MR) is 64.1 cm³/mol. The molecule has 0 spiro atoms. The van der Waals surface area contributed by atoms with Crippen LogP contribution in [0.5, 0.6) is 0 Å². The van der Waals surface area contributed by atoms with Gasteiger partial charge in [-0.15, -0.1) is 0 Å². The Labute approximate surface area is 100 Å². The van der Waals surface area contributed by atoms with Crippen molar-refractivity contribution in [1.29, 1.82) is 0 Å². The molecule has 0 aromatic carbocycles. The first kappa shape index (κ1) is 10.5.